The van der Waals surface area contributed by atoms with E-state index in [9.17, 15) is 8.78 Å². The standard InChI is InChI=1S/C7H12BrClF2N2/c1-6(2,3)13-5(12-13)7(10,11)4(8)9/h4-5,12H,1-3H3. The molecule has 1 rings (SSSR count). The van der Waals surface area contributed by atoms with Crippen molar-refractivity contribution in [3.05, 3.63) is 0 Å². The maximum atomic E-state index is 13.2. The number of hydrogen-bond acceptors (Lipinski definition) is 2. The molecule has 0 aromatic rings. The van der Waals surface area contributed by atoms with Gasteiger partial charge >= 0.3 is 5.92 Å². The summed E-state index contributed by atoms with van der Waals surface area (Å²) in [5.41, 5.74) is 2.29. The first-order chi connectivity index (χ1) is 5.67. The number of hydrazine groups is 1. The lowest BCUT2D eigenvalue weighted by Gasteiger charge is -2.22. The van der Waals surface area contributed by atoms with Gasteiger partial charge in [0.15, 0.2) is 10.5 Å². The van der Waals surface area contributed by atoms with Crippen molar-refractivity contribution in [2.45, 2.75) is 42.7 Å². The second-order valence-corrected chi connectivity index (χ2v) is 5.93. The first kappa shape index (κ1) is 11.6. The molecule has 1 saturated heterocycles. The van der Waals surface area contributed by atoms with Gasteiger partial charge in [-0.25, -0.2) is 19.2 Å². The number of hydrogen-bond donors (Lipinski definition) is 1. The fourth-order valence-electron chi connectivity index (χ4n) is 1.06. The van der Waals surface area contributed by atoms with Crippen LogP contribution in [0.4, 0.5) is 8.78 Å². The monoisotopic (exact) mass is 276 g/mol. The molecular formula is C7H12BrClF2N2. The quantitative estimate of drug-likeness (QED) is 0.620. The average molecular weight is 278 g/mol. The third-order valence-corrected chi connectivity index (χ3v) is 2.73. The van der Waals surface area contributed by atoms with Crippen LogP contribution in [0, 0.1) is 0 Å². The van der Waals surface area contributed by atoms with E-state index in [-0.39, 0.29) is 5.54 Å². The second-order valence-electron chi connectivity index (χ2n) is 4.05. The Morgan fingerprint density at radius 3 is 2.15 bits per heavy atom. The van der Waals surface area contributed by atoms with E-state index in [1.165, 1.54) is 5.01 Å². The highest BCUT2D eigenvalue weighted by Crippen LogP contribution is 2.40. The summed E-state index contributed by atoms with van der Waals surface area (Å²) in [7, 11) is 0. The molecule has 0 aromatic carbocycles. The minimum Gasteiger partial charge on any atom is -0.229 e. The van der Waals surface area contributed by atoms with E-state index < -0.39 is 16.4 Å². The minimum absolute atomic E-state index is 0.313. The van der Waals surface area contributed by atoms with Gasteiger partial charge in [-0.1, -0.05) is 15.9 Å². The van der Waals surface area contributed by atoms with Crippen molar-refractivity contribution in [1.29, 1.82) is 0 Å². The molecule has 0 spiro atoms. The van der Waals surface area contributed by atoms with Crippen molar-refractivity contribution < 1.29 is 8.78 Å². The number of nitrogens with zero attached hydrogens (tertiary/aromatic N) is 1. The zero-order valence-corrected chi connectivity index (χ0v) is 9.96. The summed E-state index contributed by atoms with van der Waals surface area (Å²) in [6.45, 7) is 5.56. The fourth-order valence-corrected chi connectivity index (χ4v) is 1.43. The van der Waals surface area contributed by atoms with Crippen LogP contribution in [-0.2, 0) is 0 Å². The first-order valence-electron chi connectivity index (χ1n) is 3.89. The maximum absolute atomic E-state index is 13.2. The van der Waals surface area contributed by atoms with Crippen molar-refractivity contribution in [1.82, 2.24) is 10.4 Å². The number of halogens is 4. The molecule has 0 bridgehead atoms. The Balaban J connectivity index is 2.61. The lowest BCUT2D eigenvalue weighted by molar-refractivity contribution is -0.00393. The van der Waals surface area contributed by atoms with Gasteiger partial charge in [0.2, 0.25) is 0 Å². The van der Waals surface area contributed by atoms with Crippen molar-refractivity contribution in [2.24, 2.45) is 0 Å². The normalized spacial score (nSPS) is 31.6. The summed E-state index contributed by atoms with van der Waals surface area (Å²) < 4.78 is 25.1. The third-order valence-electron chi connectivity index (χ3n) is 1.83. The van der Waals surface area contributed by atoms with E-state index >= 15 is 0 Å². The molecule has 13 heavy (non-hydrogen) atoms. The molecule has 3 unspecified atom stereocenters. The highest BCUT2D eigenvalue weighted by atomic mass is 79.9. The average Bonchev–Trinajstić information content (AvgIpc) is 2.61. The lowest BCUT2D eigenvalue weighted by atomic mass is 10.1. The van der Waals surface area contributed by atoms with Gasteiger partial charge in [-0.3, -0.25) is 0 Å². The van der Waals surface area contributed by atoms with Crippen LogP contribution in [-0.4, -0.2) is 26.9 Å². The Morgan fingerprint density at radius 1 is 1.46 bits per heavy atom. The van der Waals surface area contributed by atoms with E-state index in [2.05, 4.69) is 21.4 Å². The predicted molar refractivity (Wildman–Crippen MR) is 52.0 cm³/mol. The highest BCUT2D eigenvalue weighted by molar-refractivity contribution is 9.10. The van der Waals surface area contributed by atoms with Crippen molar-refractivity contribution in [2.75, 3.05) is 0 Å². The maximum Gasteiger partial charge on any atom is 0.304 e. The number of alkyl halides is 4. The molecular weight excluding hydrogens is 265 g/mol. The summed E-state index contributed by atoms with van der Waals surface area (Å²) >= 11 is 8.00. The van der Waals surface area contributed by atoms with Crippen LogP contribution in [0.5, 0.6) is 0 Å². The van der Waals surface area contributed by atoms with Gasteiger partial charge in [-0.2, -0.15) is 0 Å². The van der Waals surface area contributed by atoms with Crippen LogP contribution in [0.1, 0.15) is 20.8 Å². The summed E-state index contributed by atoms with van der Waals surface area (Å²) in [6, 6.07) is 0. The van der Waals surface area contributed by atoms with E-state index in [4.69, 9.17) is 11.6 Å². The zero-order chi connectivity index (χ0) is 10.4. The molecule has 1 aliphatic heterocycles. The van der Waals surface area contributed by atoms with Gasteiger partial charge < -0.3 is 0 Å². The van der Waals surface area contributed by atoms with Crippen molar-refractivity contribution in [3.8, 4) is 0 Å². The van der Waals surface area contributed by atoms with Crippen LogP contribution in [0.2, 0.25) is 0 Å². The second kappa shape index (κ2) is 3.29. The van der Waals surface area contributed by atoms with Crippen LogP contribution >= 0.6 is 27.5 Å². The molecule has 0 amide bonds. The van der Waals surface area contributed by atoms with Gasteiger partial charge in [-0.05, 0) is 20.8 Å². The van der Waals surface area contributed by atoms with Crippen LogP contribution in [0.25, 0.3) is 0 Å². The molecule has 1 N–H and O–H groups in total. The lowest BCUT2D eigenvalue weighted by Crippen LogP contribution is -2.38. The van der Waals surface area contributed by atoms with E-state index in [0.717, 1.165) is 0 Å². The van der Waals surface area contributed by atoms with Gasteiger partial charge in [0, 0.05) is 5.54 Å². The summed E-state index contributed by atoms with van der Waals surface area (Å²) in [6.07, 6.45) is -0.964. The summed E-state index contributed by atoms with van der Waals surface area (Å²) in [5.74, 6) is -2.96. The molecule has 6 heteroatoms. The fraction of sp³-hybridized carbons (Fsp3) is 1.00. The third kappa shape index (κ3) is 2.32. The molecule has 0 aromatic heterocycles. The minimum atomic E-state index is -2.96. The molecule has 1 heterocycles. The largest absolute Gasteiger partial charge is 0.304 e. The van der Waals surface area contributed by atoms with E-state index in [1.807, 2.05) is 20.8 Å². The smallest absolute Gasteiger partial charge is 0.229 e. The van der Waals surface area contributed by atoms with Crippen LogP contribution in [0.3, 0.4) is 0 Å². The Bertz CT molecular complexity index is 205. The Labute approximate surface area is 89.7 Å². The van der Waals surface area contributed by atoms with Crippen LogP contribution < -0.4 is 5.43 Å². The van der Waals surface area contributed by atoms with Gasteiger partial charge in [-0.15, -0.1) is 11.6 Å². The van der Waals surface area contributed by atoms with Crippen molar-refractivity contribution in [3.63, 3.8) is 0 Å². The van der Waals surface area contributed by atoms with Crippen molar-refractivity contribution >= 4 is 27.5 Å². The Morgan fingerprint density at radius 2 is 1.92 bits per heavy atom. The summed E-state index contributed by atoms with van der Waals surface area (Å²) in [4.78, 5) is 0. The van der Waals surface area contributed by atoms with E-state index in [1.54, 1.807) is 0 Å². The molecule has 2 nitrogen and oxygen atoms in total. The molecule has 78 valence electrons. The predicted octanol–water partition coefficient (Wildman–Crippen LogP) is 2.53. The molecule has 0 radical (unpaired) electrons. The zero-order valence-electron chi connectivity index (χ0n) is 7.61. The molecule has 3 atom stereocenters. The number of rotatable bonds is 2. The Kier molecular flexibility index (Phi) is 2.94. The van der Waals surface area contributed by atoms with Crippen LogP contribution in [0.15, 0.2) is 0 Å². The Hall–Kier alpha value is 0.550. The van der Waals surface area contributed by atoms with E-state index in [0.29, 0.717) is 0 Å². The van der Waals surface area contributed by atoms with Gasteiger partial charge in [0.05, 0.1) is 0 Å². The number of nitrogens with one attached hydrogen (secondary N) is 1. The highest BCUT2D eigenvalue weighted by Gasteiger charge is 2.59. The molecule has 0 aliphatic carbocycles. The SMILES string of the molecule is CC(C)(C)N1NC1C(F)(F)C(Cl)Br. The molecule has 1 fully saturated rings. The summed E-state index contributed by atoms with van der Waals surface area (Å²) in [5, 5.41) is 1.49. The topological polar surface area (TPSA) is 25.0 Å². The molecule has 0 saturated carbocycles. The first-order valence-corrected chi connectivity index (χ1v) is 5.24. The molecule has 1 aliphatic rings. The van der Waals surface area contributed by atoms with Gasteiger partial charge in [0.25, 0.3) is 0 Å². The van der Waals surface area contributed by atoms with Gasteiger partial charge in [0.1, 0.15) is 0 Å².